The van der Waals surface area contributed by atoms with Crippen LogP contribution in [0.25, 0.3) is 0 Å². The van der Waals surface area contributed by atoms with Crippen LogP contribution in [0.3, 0.4) is 0 Å². The Kier molecular flexibility index (Phi) is 5.15. The lowest BCUT2D eigenvalue weighted by Crippen LogP contribution is -2.40. The maximum absolute atomic E-state index is 12.5. The molecule has 0 atom stereocenters. The largest absolute Gasteiger partial charge is 0.416 e. The van der Waals surface area contributed by atoms with Crippen molar-refractivity contribution in [3.8, 4) is 6.07 Å². The molecule has 0 N–H and O–H groups in total. The van der Waals surface area contributed by atoms with Gasteiger partial charge in [0, 0.05) is 16.4 Å². The minimum atomic E-state index is -4.28. The Balaban J connectivity index is 1.91. The fourth-order valence-corrected chi connectivity index (χ4v) is 3.14. The SMILES string of the molecule is N#CCC1(I)CCN(Cc2ccc(C(F)(F)F)cc2)CC1. The zero-order chi connectivity index (χ0) is 15.5. The van der Waals surface area contributed by atoms with Crippen LogP contribution in [-0.2, 0) is 12.7 Å². The lowest BCUT2D eigenvalue weighted by molar-refractivity contribution is -0.137. The van der Waals surface area contributed by atoms with Gasteiger partial charge in [-0.15, -0.1) is 0 Å². The van der Waals surface area contributed by atoms with E-state index in [4.69, 9.17) is 5.26 Å². The van der Waals surface area contributed by atoms with Gasteiger partial charge >= 0.3 is 6.18 Å². The van der Waals surface area contributed by atoms with Crippen molar-refractivity contribution in [2.24, 2.45) is 0 Å². The first-order chi connectivity index (χ1) is 9.82. The van der Waals surface area contributed by atoms with Gasteiger partial charge in [-0.25, -0.2) is 0 Å². The van der Waals surface area contributed by atoms with Gasteiger partial charge in [0.15, 0.2) is 0 Å². The number of hydrogen-bond acceptors (Lipinski definition) is 2. The third-order valence-electron chi connectivity index (χ3n) is 3.84. The van der Waals surface area contributed by atoms with Gasteiger partial charge in [-0.1, -0.05) is 34.7 Å². The molecule has 0 radical (unpaired) electrons. The normalized spacial score (nSPS) is 19.2. The zero-order valence-electron chi connectivity index (χ0n) is 11.5. The van der Waals surface area contributed by atoms with Crippen molar-refractivity contribution in [3.05, 3.63) is 35.4 Å². The van der Waals surface area contributed by atoms with Gasteiger partial charge in [0.2, 0.25) is 0 Å². The summed E-state index contributed by atoms with van der Waals surface area (Å²) in [6, 6.07) is 7.59. The van der Waals surface area contributed by atoms with Crippen molar-refractivity contribution in [1.82, 2.24) is 4.90 Å². The topological polar surface area (TPSA) is 27.0 Å². The molecular weight excluding hydrogens is 392 g/mol. The second kappa shape index (κ2) is 6.53. The molecule has 0 unspecified atom stereocenters. The van der Waals surface area contributed by atoms with Crippen LogP contribution in [0.15, 0.2) is 24.3 Å². The van der Waals surface area contributed by atoms with E-state index >= 15 is 0 Å². The predicted molar refractivity (Wildman–Crippen MR) is 82.9 cm³/mol. The van der Waals surface area contributed by atoms with Crippen LogP contribution in [0, 0.1) is 11.3 Å². The molecule has 1 saturated heterocycles. The Morgan fingerprint density at radius 2 is 1.76 bits per heavy atom. The monoisotopic (exact) mass is 408 g/mol. The van der Waals surface area contributed by atoms with Gasteiger partial charge in [-0.2, -0.15) is 18.4 Å². The maximum atomic E-state index is 12.5. The Hall–Kier alpha value is -0.810. The Morgan fingerprint density at radius 3 is 2.24 bits per heavy atom. The van der Waals surface area contributed by atoms with Gasteiger partial charge in [0.25, 0.3) is 0 Å². The molecule has 0 aliphatic carbocycles. The summed E-state index contributed by atoms with van der Waals surface area (Å²) in [4.78, 5) is 2.23. The quantitative estimate of drug-likeness (QED) is 0.548. The van der Waals surface area contributed by atoms with E-state index in [9.17, 15) is 13.2 Å². The van der Waals surface area contributed by atoms with Crippen molar-refractivity contribution in [2.45, 2.75) is 35.4 Å². The second-order valence-corrected chi connectivity index (χ2v) is 7.74. The number of benzene rings is 1. The van der Waals surface area contributed by atoms with Crippen LogP contribution in [-0.4, -0.2) is 21.4 Å². The summed E-state index contributed by atoms with van der Waals surface area (Å²) in [5.74, 6) is 0. The molecule has 2 rings (SSSR count). The summed E-state index contributed by atoms with van der Waals surface area (Å²) in [7, 11) is 0. The number of nitrogens with zero attached hydrogens (tertiary/aromatic N) is 2. The van der Waals surface area contributed by atoms with E-state index in [0.717, 1.165) is 43.6 Å². The van der Waals surface area contributed by atoms with E-state index in [2.05, 4.69) is 33.6 Å². The van der Waals surface area contributed by atoms with Crippen LogP contribution in [0.4, 0.5) is 13.2 Å². The summed E-state index contributed by atoms with van der Waals surface area (Å²) < 4.78 is 37.6. The van der Waals surface area contributed by atoms with Gasteiger partial charge in [0.1, 0.15) is 0 Å². The Bertz CT molecular complexity index is 511. The number of nitriles is 1. The number of hydrogen-bond donors (Lipinski definition) is 0. The molecule has 1 aromatic carbocycles. The van der Waals surface area contributed by atoms with Crippen LogP contribution in [0.1, 0.15) is 30.4 Å². The van der Waals surface area contributed by atoms with E-state index in [1.165, 1.54) is 0 Å². The molecule has 1 aliphatic heterocycles. The molecule has 114 valence electrons. The molecule has 0 spiro atoms. The highest BCUT2D eigenvalue weighted by Crippen LogP contribution is 2.35. The molecule has 1 fully saturated rings. The molecular formula is C15H16F3IN2. The highest BCUT2D eigenvalue weighted by Gasteiger charge is 2.32. The fraction of sp³-hybridized carbons (Fsp3) is 0.533. The van der Waals surface area contributed by atoms with Crippen LogP contribution in [0.5, 0.6) is 0 Å². The number of halogens is 4. The maximum Gasteiger partial charge on any atom is 0.416 e. The number of piperidine rings is 1. The molecule has 1 aliphatic rings. The zero-order valence-corrected chi connectivity index (χ0v) is 13.6. The average Bonchev–Trinajstić information content (AvgIpc) is 2.41. The smallest absolute Gasteiger partial charge is 0.299 e. The molecule has 1 heterocycles. The van der Waals surface area contributed by atoms with Gasteiger partial charge in [-0.05, 0) is 43.6 Å². The summed E-state index contributed by atoms with van der Waals surface area (Å²) in [5.41, 5.74) is 0.287. The average molecular weight is 408 g/mol. The number of alkyl halides is 4. The fourth-order valence-electron chi connectivity index (χ4n) is 2.49. The minimum Gasteiger partial charge on any atom is -0.299 e. The predicted octanol–water partition coefficient (Wildman–Crippen LogP) is 4.39. The van der Waals surface area contributed by atoms with Crippen LogP contribution >= 0.6 is 22.6 Å². The van der Waals surface area contributed by atoms with Gasteiger partial charge < -0.3 is 0 Å². The lowest BCUT2D eigenvalue weighted by Gasteiger charge is -2.36. The molecule has 21 heavy (non-hydrogen) atoms. The first-order valence-electron chi connectivity index (χ1n) is 6.77. The number of rotatable bonds is 3. The van der Waals surface area contributed by atoms with E-state index in [0.29, 0.717) is 13.0 Å². The Morgan fingerprint density at radius 1 is 1.19 bits per heavy atom. The van der Waals surface area contributed by atoms with Crippen LogP contribution < -0.4 is 0 Å². The Labute approximate surface area is 136 Å². The summed E-state index contributed by atoms with van der Waals surface area (Å²) in [6.07, 6.45) is -1.83. The van der Waals surface area contributed by atoms with Gasteiger partial charge in [-0.3, -0.25) is 4.90 Å². The third kappa shape index (κ3) is 4.58. The second-order valence-electron chi connectivity index (χ2n) is 5.46. The third-order valence-corrected chi connectivity index (χ3v) is 5.30. The molecule has 0 bridgehead atoms. The summed E-state index contributed by atoms with van der Waals surface area (Å²) in [6.45, 7) is 2.43. The molecule has 0 saturated carbocycles. The van der Waals surface area contributed by atoms with E-state index in [-0.39, 0.29) is 3.42 Å². The standard InChI is InChI=1S/C15H16F3IN2/c16-15(17,18)13-3-1-12(2-4-13)11-21-9-6-14(19,5-8-20)7-10-21/h1-4H,5-7,9-11H2. The van der Waals surface area contributed by atoms with E-state index in [1.54, 1.807) is 12.1 Å². The van der Waals surface area contributed by atoms with Gasteiger partial charge in [0.05, 0.1) is 11.6 Å². The molecule has 2 nitrogen and oxygen atoms in total. The molecule has 0 aromatic heterocycles. The van der Waals surface area contributed by atoms with E-state index in [1.807, 2.05) is 0 Å². The van der Waals surface area contributed by atoms with Crippen molar-refractivity contribution in [2.75, 3.05) is 13.1 Å². The molecule has 1 aromatic rings. The van der Waals surface area contributed by atoms with Crippen molar-refractivity contribution >= 4 is 22.6 Å². The van der Waals surface area contributed by atoms with E-state index < -0.39 is 11.7 Å². The lowest BCUT2D eigenvalue weighted by atomic mass is 9.94. The van der Waals surface area contributed by atoms with Crippen molar-refractivity contribution < 1.29 is 13.2 Å². The minimum absolute atomic E-state index is 0.0587. The van der Waals surface area contributed by atoms with Crippen molar-refractivity contribution in [1.29, 1.82) is 5.26 Å². The first kappa shape index (κ1) is 16.6. The van der Waals surface area contributed by atoms with Crippen molar-refractivity contribution in [3.63, 3.8) is 0 Å². The molecule has 0 amide bonds. The molecule has 6 heteroatoms. The summed E-state index contributed by atoms with van der Waals surface area (Å²) in [5, 5.41) is 8.82. The number of likely N-dealkylation sites (tertiary alicyclic amines) is 1. The highest BCUT2D eigenvalue weighted by molar-refractivity contribution is 14.1. The first-order valence-corrected chi connectivity index (χ1v) is 7.85. The highest BCUT2D eigenvalue weighted by atomic mass is 127. The summed E-state index contributed by atoms with van der Waals surface area (Å²) >= 11 is 2.37. The van der Waals surface area contributed by atoms with Crippen LogP contribution in [0.2, 0.25) is 0 Å².